The number of aryl methyl sites for hydroxylation is 1. The van der Waals surface area contributed by atoms with Crippen molar-refractivity contribution in [3.63, 3.8) is 0 Å². The van der Waals surface area contributed by atoms with E-state index in [2.05, 4.69) is 0 Å². The molecule has 0 aliphatic carbocycles. The molecule has 0 aromatic heterocycles. The SMILES string of the molecule is COc1cc(-c2ccc(C)cc2)cc(Cl)c1F. The molecule has 0 saturated carbocycles. The fourth-order valence-electron chi connectivity index (χ4n) is 1.63. The molecule has 2 rings (SSSR count). The van der Waals surface area contributed by atoms with Gasteiger partial charge in [0.1, 0.15) is 0 Å². The molecule has 0 atom stereocenters. The van der Waals surface area contributed by atoms with Crippen LogP contribution < -0.4 is 4.74 Å². The van der Waals surface area contributed by atoms with Crippen LogP contribution >= 0.6 is 11.6 Å². The maximum absolute atomic E-state index is 13.5. The van der Waals surface area contributed by atoms with Gasteiger partial charge in [-0.25, -0.2) is 4.39 Å². The lowest BCUT2D eigenvalue weighted by Gasteiger charge is -2.08. The molecule has 0 saturated heterocycles. The highest BCUT2D eigenvalue weighted by molar-refractivity contribution is 6.31. The summed E-state index contributed by atoms with van der Waals surface area (Å²) in [5.41, 5.74) is 3.00. The van der Waals surface area contributed by atoms with Crippen LogP contribution in [0.25, 0.3) is 11.1 Å². The Labute approximate surface area is 105 Å². The molecule has 1 nitrogen and oxygen atoms in total. The molecule has 0 N–H and O–H groups in total. The van der Waals surface area contributed by atoms with Crippen molar-refractivity contribution in [2.75, 3.05) is 7.11 Å². The Kier molecular flexibility index (Phi) is 3.34. The third-order valence-electron chi connectivity index (χ3n) is 2.60. The largest absolute Gasteiger partial charge is 0.494 e. The van der Waals surface area contributed by atoms with E-state index in [1.807, 2.05) is 31.2 Å². The number of hydrogen-bond donors (Lipinski definition) is 0. The van der Waals surface area contributed by atoms with Gasteiger partial charge in [-0.3, -0.25) is 0 Å². The van der Waals surface area contributed by atoms with E-state index >= 15 is 0 Å². The standard InChI is InChI=1S/C14H12ClFO/c1-9-3-5-10(6-4-9)11-7-12(15)14(16)13(8-11)17-2/h3-8H,1-2H3. The smallest absolute Gasteiger partial charge is 0.183 e. The first-order valence-corrected chi connectivity index (χ1v) is 5.59. The molecule has 2 aromatic rings. The van der Waals surface area contributed by atoms with Crippen LogP contribution in [0, 0.1) is 12.7 Å². The highest BCUT2D eigenvalue weighted by atomic mass is 35.5. The van der Waals surface area contributed by atoms with Gasteiger partial charge in [0.05, 0.1) is 12.1 Å². The molecular formula is C14H12ClFO. The maximum atomic E-state index is 13.5. The molecule has 2 aromatic carbocycles. The Bertz CT molecular complexity index is 535. The second-order valence-electron chi connectivity index (χ2n) is 3.84. The lowest BCUT2D eigenvalue weighted by atomic mass is 10.0. The van der Waals surface area contributed by atoms with Gasteiger partial charge < -0.3 is 4.74 Å². The van der Waals surface area contributed by atoms with Crippen molar-refractivity contribution in [1.29, 1.82) is 0 Å². The van der Waals surface area contributed by atoms with E-state index < -0.39 is 5.82 Å². The average molecular weight is 251 g/mol. The number of methoxy groups -OCH3 is 1. The van der Waals surface area contributed by atoms with Gasteiger partial charge in [-0.2, -0.15) is 0 Å². The molecule has 0 radical (unpaired) electrons. The van der Waals surface area contributed by atoms with Gasteiger partial charge in [-0.1, -0.05) is 41.4 Å². The predicted molar refractivity (Wildman–Crippen MR) is 68.1 cm³/mol. The molecule has 0 spiro atoms. The number of halogens is 2. The Morgan fingerprint density at radius 2 is 1.71 bits per heavy atom. The van der Waals surface area contributed by atoms with E-state index in [9.17, 15) is 4.39 Å². The summed E-state index contributed by atoms with van der Waals surface area (Å²) >= 11 is 5.82. The van der Waals surface area contributed by atoms with Crippen LogP contribution in [0.15, 0.2) is 36.4 Å². The maximum Gasteiger partial charge on any atom is 0.183 e. The molecule has 0 fully saturated rings. The van der Waals surface area contributed by atoms with Gasteiger partial charge >= 0.3 is 0 Å². The van der Waals surface area contributed by atoms with Crippen molar-refractivity contribution < 1.29 is 9.13 Å². The minimum Gasteiger partial charge on any atom is -0.494 e. The van der Waals surface area contributed by atoms with E-state index in [1.165, 1.54) is 12.7 Å². The number of ether oxygens (including phenoxy) is 1. The topological polar surface area (TPSA) is 9.23 Å². The summed E-state index contributed by atoms with van der Waals surface area (Å²) < 4.78 is 18.5. The molecule has 0 aliphatic rings. The van der Waals surface area contributed by atoms with E-state index in [4.69, 9.17) is 16.3 Å². The van der Waals surface area contributed by atoms with E-state index in [-0.39, 0.29) is 10.8 Å². The molecular weight excluding hydrogens is 239 g/mol. The molecule has 88 valence electrons. The number of rotatable bonds is 2. The van der Waals surface area contributed by atoms with Crippen molar-refractivity contribution in [2.45, 2.75) is 6.92 Å². The highest BCUT2D eigenvalue weighted by Gasteiger charge is 2.10. The summed E-state index contributed by atoms with van der Waals surface area (Å²) in [4.78, 5) is 0. The lowest BCUT2D eigenvalue weighted by molar-refractivity contribution is 0.387. The summed E-state index contributed by atoms with van der Waals surface area (Å²) in [5.74, 6) is -0.363. The molecule has 0 bridgehead atoms. The first-order valence-electron chi connectivity index (χ1n) is 5.22. The molecule has 0 heterocycles. The number of benzene rings is 2. The Balaban J connectivity index is 2.52. The van der Waals surface area contributed by atoms with E-state index in [0.29, 0.717) is 0 Å². The third-order valence-corrected chi connectivity index (χ3v) is 2.87. The Morgan fingerprint density at radius 1 is 1.06 bits per heavy atom. The summed E-state index contributed by atoms with van der Waals surface area (Å²) in [6.07, 6.45) is 0. The highest BCUT2D eigenvalue weighted by Crippen LogP contribution is 2.31. The fourth-order valence-corrected chi connectivity index (χ4v) is 1.84. The zero-order chi connectivity index (χ0) is 12.4. The zero-order valence-corrected chi connectivity index (χ0v) is 10.4. The van der Waals surface area contributed by atoms with Gasteiger partial charge in [-0.05, 0) is 30.2 Å². The van der Waals surface area contributed by atoms with E-state index in [1.54, 1.807) is 12.1 Å². The van der Waals surface area contributed by atoms with Crippen LogP contribution in [0.5, 0.6) is 5.75 Å². The van der Waals surface area contributed by atoms with Crippen LogP contribution in [-0.2, 0) is 0 Å². The van der Waals surface area contributed by atoms with Gasteiger partial charge in [-0.15, -0.1) is 0 Å². The van der Waals surface area contributed by atoms with Crippen LogP contribution in [0.4, 0.5) is 4.39 Å². The lowest BCUT2D eigenvalue weighted by Crippen LogP contribution is -1.90. The molecule has 3 heteroatoms. The zero-order valence-electron chi connectivity index (χ0n) is 9.63. The molecule has 0 amide bonds. The predicted octanol–water partition coefficient (Wildman–Crippen LogP) is 4.46. The summed E-state index contributed by atoms with van der Waals surface area (Å²) in [5, 5.41) is 0.0694. The number of hydrogen-bond acceptors (Lipinski definition) is 1. The van der Waals surface area contributed by atoms with Crippen molar-refractivity contribution in [3.05, 3.63) is 52.8 Å². The van der Waals surface area contributed by atoms with Crippen LogP contribution in [0.2, 0.25) is 5.02 Å². The van der Waals surface area contributed by atoms with Gasteiger partial charge in [0.2, 0.25) is 0 Å². The van der Waals surface area contributed by atoms with Crippen molar-refractivity contribution >= 4 is 11.6 Å². The van der Waals surface area contributed by atoms with Crippen molar-refractivity contribution in [1.82, 2.24) is 0 Å². The quantitative estimate of drug-likeness (QED) is 0.765. The van der Waals surface area contributed by atoms with Gasteiger partial charge in [0.25, 0.3) is 0 Å². The molecule has 0 unspecified atom stereocenters. The monoisotopic (exact) mass is 250 g/mol. The fraction of sp³-hybridized carbons (Fsp3) is 0.143. The third kappa shape index (κ3) is 2.42. The van der Waals surface area contributed by atoms with Gasteiger partial charge in [0, 0.05) is 0 Å². The van der Waals surface area contributed by atoms with Crippen molar-refractivity contribution in [2.24, 2.45) is 0 Å². The summed E-state index contributed by atoms with van der Waals surface area (Å²) in [6.45, 7) is 2.02. The molecule has 0 aliphatic heterocycles. The van der Waals surface area contributed by atoms with Crippen LogP contribution in [-0.4, -0.2) is 7.11 Å². The first kappa shape index (κ1) is 11.9. The normalized spacial score (nSPS) is 10.4. The van der Waals surface area contributed by atoms with Gasteiger partial charge in [0.15, 0.2) is 11.6 Å². The van der Waals surface area contributed by atoms with Crippen LogP contribution in [0.1, 0.15) is 5.56 Å². The summed E-state index contributed by atoms with van der Waals surface area (Å²) in [7, 11) is 1.42. The first-order chi connectivity index (χ1) is 8.11. The Hall–Kier alpha value is -1.54. The summed E-state index contributed by atoms with van der Waals surface area (Å²) in [6, 6.07) is 11.2. The minimum atomic E-state index is -0.523. The second kappa shape index (κ2) is 4.76. The van der Waals surface area contributed by atoms with Crippen molar-refractivity contribution in [3.8, 4) is 16.9 Å². The Morgan fingerprint density at radius 3 is 2.29 bits per heavy atom. The van der Waals surface area contributed by atoms with E-state index in [0.717, 1.165) is 11.1 Å². The minimum absolute atomic E-state index is 0.0694. The van der Waals surface area contributed by atoms with Crippen LogP contribution in [0.3, 0.4) is 0 Å². The average Bonchev–Trinajstić information content (AvgIpc) is 2.33. The molecule has 17 heavy (non-hydrogen) atoms. The second-order valence-corrected chi connectivity index (χ2v) is 4.25.